The molecule has 138 valence electrons. The number of nitrogens with zero attached hydrogens (tertiary/aromatic N) is 3. The molecule has 2 heterocycles. The van der Waals surface area contributed by atoms with Crippen LogP contribution >= 0.6 is 0 Å². The molecule has 28 heavy (non-hydrogen) atoms. The molecule has 2 aromatic heterocycles. The molecule has 4 aromatic rings. The summed E-state index contributed by atoms with van der Waals surface area (Å²) in [5.41, 5.74) is 3.23. The SMILES string of the molecule is O=C(Cn1c(-c2ccccn2)noc1=O)Nc1ccc(-c2ccccc2)cc1. The van der Waals surface area contributed by atoms with Gasteiger partial charge in [-0.1, -0.05) is 53.7 Å². The van der Waals surface area contributed by atoms with E-state index in [0.717, 1.165) is 15.7 Å². The van der Waals surface area contributed by atoms with E-state index in [-0.39, 0.29) is 18.3 Å². The molecule has 7 heteroatoms. The van der Waals surface area contributed by atoms with E-state index < -0.39 is 5.76 Å². The Labute approximate surface area is 160 Å². The summed E-state index contributed by atoms with van der Waals surface area (Å²) in [6.07, 6.45) is 1.58. The second kappa shape index (κ2) is 7.71. The molecule has 0 fully saturated rings. The van der Waals surface area contributed by atoms with Gasteiger partial charge in [0.1, 0.15) is 12.2 Å². The average molecular weight is 372 g/mol. The Morgan fingerprint density at radius 2 is 1.64 bits per heavy atom. The molecular formula is C21H16N4O3. The first-order valence-electron chi connectivity index (χ1n) is 8.64. The summed E-state index contributed by atoms with van der Waals surface area (Å²) in [4.78, 5) is 28.5. The maximum atomic E-state index is 12.4. The summed E-state index contributed by atoms with van der Waals surface area (Å²) in [5, 5.41) is 6.50. The number of hydrogen-bond donors (Lipinski definition) is 1. The van der Waals surface area contributed by atoms with Gasteiger partial charge in [0, 0.05) is 11.9 Å². The Bertz CT molecular complexity index is 1130. The van der Waals surface area contributed by atoms with Crippen LogP contribution in [0, 0.1) is 0 Å². The summed E-state index contributed by atoms with van der Waals surface area (Å²) in [6.45, 7) is -0.228. The molecule has 4 rings (SSSR count). The second-order valence-corrected chi connectivity index (χ2v) is 6.06. The predicted octanol–water partition coefficient (Wildman–Crippen LogP) is 3.20. The number of anilines is 1. The Morgan fingerprint density at radius 3 is 2.36 bits per heavy atom. The molecule has 0 spiro atoms. The Morgan fingerprint density at radius 1 is 0.929 bits per heavy atom. The number of aromatic nitrogens is 3. The van der Waals surface area contributed by atoms with Gasteiger partial charge in [0.2, 0.25) is 11.7 Å². The van der Waals surface area contributed by atoms with Crippen LogP contribution in [0.15, 0.2) is 88.3 Å². The minimum absolute atomic E-state index is 0.208. The standard InChI is InChI=1S/C21H16N4O3/c26-19(14-25-20(24-28-21(25)27)18-8-4-5-13-22-18)23-17-11-9-16(10-12-17)15-6-2-1-3-7-15/h1-13H,14H2,(H,23,26). The lowest BCUT2D eigenvalue weighted by molar-refractivity contribution is -0.116. The Hall–Kier alpha value is -4.00. The van der Waals surface area contributed by atoms with Crippen LogP contribution in [-0.4, -0.2) is 20.6 Å². The van der Waals surface area contributed by atoms with Gasteiger partial charge in [-0.05, 0) is 35.4 Å². The molecule has 0 aliphatic heterocycles. The number of hydrogen-bond acceptors (Lipinski definition) is 5. The fraction of sp³-hybridized carbons (Fsp3) is 0.0476. The van der Waals surface area contributed by atoms with Crippen molar-refractivity contribution in [3.05, 3.63) is 89.5 Å². The zero-order chi connectivity index (χ0) is 19.3. The van der Waals surface area contributed by atoms with Gasteiger partial charge < -0.3 is 5.32 Å². The molecule has 0 aliphatic carbocycles. The van der Waals surface area contributed by atoms with Crippen molar-refractivity contribution < 1.29 is 9.32 Å². The third-order valence-electron chi connectivity index (χ3n) is 4.16. The van der Waals surface area contributed by atoms with Crippen molar-refractivity contribution in [1.82, 2.24) is 14.7 Å². The lowest BCUT2D eigenvalue weighted by Gasteiger charge is -2.08. The minimum atomic E-state index is -0.713. The van der Waals surface area contributed by atoms with E-state index in [0.29, 0.717) is 11.4 Å². The van der Waals surface area contributed by atoms with Gasteiger partial charge in [-0.15, -0.1) is 0 Å². The van der Waals surface area contributed by atoms with E-state index in [1.807, 2.05) is 54.6 Å². The molecule has 0 aliphatic rings. The third-order valence-corrected chi connectivity index (χ3v) is 4.16. The number of carbonyl (C=O) groups excluding carboxylic acids is 1. The highest BCUT2D eigenvalue weighted by Crippen LogP contribution is 2.21. The number of amides is 1. The first-order valence-corrected chi connectivity index (χ1v) is 8.64. The van der Waals surface area contributed by atoms with Gasteiger partial charge in [-0.2, -0.15) is 0 Å². The van der Waals surface area contributed by atoms with E-state index in [1.165, 1.54) is 0 Å². The molecule has 1 amide bonds. The fourth-order valence-corrected chi connectivity index (χ4v) is 2.81. The molecule has 0 radical (unpaired) electrons. The summed E-state index contributed by atoms with van der Waals surface area (Å²) in [5.74, 6) is -0.870. The van der Waals surface area contributed by atoms with Crippen molar-refractivity contribution in [3.8, 4) is 22.6 Å². The van der Waals surface area contributed by atoms with Crippen molar-refractivity contribution in [2.75, 3.05) is 5.32 Å². The fourth-order valence-electron chi connectivity index (χ4n) is 2.81. The highest BCUT2D eigenvalue weighted by molar-refractivity contribution is 5.91. The van der Waals surface area contributed by atoms with Crippen LogP contribution in [0.2, 0.25) is 0 Å². The third kappa shape index (κ3) is 3.73. The summed E-state index contributed by atoms with van der Waals surface area (Å²) >= 11 is 0. The van der Waals surface area contributed by atoms with Gasteiger partial charge >= 0.3 is 5.76 Å². The van der Waals surface area contributed by atoms with Crippen molar-refractivity contribution >= 4 is 11.6 Å². The molecular weight excluding hydrogens is 356 g/mol. The zero-order valence-corrected chi connectivity index (χ0v) is 14.8. The monoisotopic (exact) mass is 372 g/mol. The molecule has 7 nitrogen and oxygen atoms in total. The van der Waals surface area contributed by atoms with Crippen LogP contribution in [0.5, 0.6) is 0 Å². The van der Waals surface area contributed by atoms with Gasteiger partial charge in [0.05, 0.1) is 0 Å². The van der Waals surface area contributed by atoms with Gasteiger partial charge in [-0.25, -0.2) is 9.36 Å². The number of rotatable bonds is 5. The molecule has 2 aromatic carbocycles. The van der Waals surface area contributed by atoms with Gasteiger partial charge in [0.25, 0.3) is 0 Å². The van der Waals surface area contributed by atoms with Crippen LogP contribution in [0.4, 0.5) is 5.69 Å². The van der Waals surface area contributed by atoms with Crippen LogP contribution in [-0.2, 0) is 11.3 Å². The zero-order valence-electron chi connectivity index (χ0n) is 14.8. The van der Waals surface area contributed by atoms with E-state index in [1.54, 1.807) is 24.4 Å². The first-order chi connectivity index (χ1) is 13.7. The summed E-state index contributed by atoms with van der Waals surface area (Å²) in [7, 11) is 0. The minimum Gasteiger partial charge on any atom is -0.325 e. The van der Waals surface area contributed by atoms with E-state index in [4.69, 9.17) is 4.52 Å². The Balaban J connectivity index is 1.48. The molecule has 0 saturated carbocycles. The van der Waals surface area contributed by atoms with E-state index in [2.05, 4.69) is 15.5 Å². The number of benzene rings is 2. The van der Waals surface area contributed by atoms with Crippen molar-refractivity contribution in [2.24, 2.45) is 0 Å². The molecule has 0 bridgehead atoms. The van der Waals surface area contributed by atoms with Crippen LogP contribution in [0.1, 0.15) is 0 Å². The maximum absolute atomic E-state index is 12.4. The topological polar surface area (TPSA) is 90.0 Å². The smallest absolute Gasteiger partial charge is 0.325 e. The quantitative estimate of drug-likeness (QED) is 0.581. The lowest BCUT2D eigenvalue weighted by atomic mass is 10.1. The predicted molar refractivity (Wildman–Crippen MR) is 105 cm³/mol. The van der Waals surface area contributed by atoms with Gasteiger partial charge in [0.15, 0.2) is 0 Å². The average Bonchev–Trinajstić information content (AvgIpc) is 3.10. The van der Waals surface area contributed by atoms with Crippen molar-refractivity contribution in [3.63, 3.8) is 0 Å². The molecule has 1 N–H and O–H groups in total. The number of nitrogens with one attached hydrogen (secondary N) is 1. The maximum Gasteiger partial charge on any atom is 0.442 e. The number of pyridine rings is 1. The number of carbonyl (C=O) groups is 1. The van der Waals surface area contributed by atoms with Gasteiger partial charge in [-0.3, -0.25) is 14.3 Å². The van der Waals surface area contributed by atoms with Crippen LogP contribution in [0.3, 0.4) is 0 Å². The normalized spacial score (nSPS) is 10.6. The van der Waals surface area contributed by atoms with Crippen LogP contribution in [0.25, 0.3) is 22.6 Å². The largest absolute Gasteiger partial charge is 0.442 e. The van der Waals surface area contributed by atoms with Crippen molar-refractivity contribution in [1.29, 1.82) is 0 Å². The lowest BCUT2D eigenvalue weighted by Crippen LogP contribution is -2.25. The summed E-state index contributed by atoms with van der Waals surface area (Å²) < 4.78 is 5.85. The van der Waals surface area contributed by atoms with Crippen LogP contribution < -0.4 is 11.1 Å². The first kappa shape index (κ1) is 17.4. The highest BCUT2D eigenvalue weighted by atomic mass is 16.5. The molecule has 0 unspecified atom stereocenters. The molecule has 0 saturated heterocycles. The van der Waals surface area contributed by atoms with E-state index >= 15 is 0 Å². The second-order valence-electron chi connectivity index (χ2n) is 6.06. The van der Waals surface area contributed by atoms with Crippen molar-refractivity contribution in [2.45, 2.75) is 6.54 Å². The Kier molecular flexibility index (Phi) is 4.79. The molecule has 0 atom stereocenters. The van der Waals surface area contributed by atoms with E-state index in [9.17, 15) is 9.59 Å². The highest BCUT2D eigenvalue weighted by Gasteiger charge is 2.16. The summed E-state index contributed by atoms with van der Waals surface area (Å²) in [6, 6.07) is 22.6.